The Kier molecular flexibility index (Phi) is 5.67. The number of anilines is 3. The minimum absolute atomic E-state index is 0.107. The largest absolute Gasteiger partial charge is 0.326 e. The van der Waals surface area contributed by atoms with Crippen LogP contribution in [0, 0.1) is 6.92 Å². The van der Waals surface area contributed by atoms with Crippen LogP contribution in [0.15, 0.2) is 65.8 Å². The zero-order chi connectivity index (χ0) is 22.9. The van der Waals surface area contributed by atoms with Crippen molar-refractivity contribution in [2.75, 3.05) is 21.5 Å². The van der Waals surface area contributed by atoms with Gasteiger partial charge in [0.05, 0.1) is 16.1 Å². The molecule has 32 heavy (non-hydrogen) atoms. The number of hydrogen-bond donors (Lipinski definition) is 2. The molecule has 0 bridgehead atoms. The minimum atomic E-state index is -3.87. The van der Waals surface area contributed by atoms with Gasteiger partial charge in [-0.25, -0.2) is 8.42 Å². The van der Waals surface area contributed by atoms with Crippen molar-refractivity contribution in [3.8, 4) is 0 Å². The lowest BCUT2D eigenvalue weighted by molar-refractivity contribution is -0.114. The number of nitrogens with zero attached hydrogens (tertiary/aromatic N) is 2. The maximum atomic E-state index is 13.0. The van der Waals surface area contributed by atoms with Gasteiger partial charge in [-0.1, -0.05) is 6.07 Å². The third-order valence-corrected chi connectivity index (χ3v) is 6.71. The van der Waals surface area contributed by atoms with Gasteiger partial charge in [0.2, 0.25) is 5.91 Å². The second-order valence-corrected chi connectivity index (χ2v) is 9.21. The van der Waals surface area contributed by atoms with E-state index in [0.29, 0.717) is 41.2 Å². The molecule has 0 aliphatic carbocycles. The number of rotatable bonds is 5. The van der Waals surface area contributed by atoms with Gasteiger partial charge in [-0.05, 0) is 66.9 Å². The Bertz CT molecular complexity index is 1310. The number of carbonyl (C=O) groups is 2. The van der Waals surface area contributed by atoms with E-state index < -0.39 is 10.0 Å². The van der Waals surface area contributed by atoms with Gasteiger partial charge in [0.1, 0.15) is 0 Å². The molecular formula is C23H22N4O4S. The van der Waals surface area contributed by atoms with Crippen molar-refractivity contribution in [3.63, 3.8) is 0 Å². The fourth-order valence-electron chi connectivity index (χ4n) is 3.74. The third-order valence-electron chi connectivity index (χ3n) is 5.17. The van der Waals surface area contributed by atoms with Crippen LogP contribution in [0.3, 0.4) is 0 Å². The number of nitrogens with one attached hydrogen (secondary N) is 2. The van der Waals surface area contributed by atoms with Gasteiger partial charge in [0.25, 0.3) is 15.9 Å². The van der Waals surface area contributed by atoms with E-state index in [2.05, 4.69) is 15.0 Å². The number of fused-ring (bicyclic) bond motifs is 1. The Hall–Kier alpha value is -3.72. The standard InChI is InChI=1S/C23H22N4O4S/c1-15-12-19(25-16(2)28)7-8-22(15)32(30,31)26-20-6-5-17-9-11-27(21(17)13-20)23(29)18-4-3-10-24-14-18/h3-8,10,12-14,26H,9,11H2,1-2H3,(H,25,28). The van der Waals surface area contributed by atoms with Gasteiger partial charge in [-0.2, -0.15) is 0 Å². The Morgan fingerprint density at radius 3 is 2.53 bits per heavy atom. The summed E-state index contributed by atoms with van der Waals surface area (Å²) in [7, 11) is -3.87. The highest BCUT2D eigenvalue weighted by Gasteiger charge is 2.27. The number of hydrogen-bond acceptors (Lipinski definition) is 5. The van der Waals surface area contributed by atoms with E-state index in [1.165, 1.54) is 19.2 Å². The summed E-state index contributed by atoms with van der Waals surface area (Å²) in [4.78, 5) is 29.9. The predicted molar refractivity (Wildman–Crippen MR) is 122 cm³/mol. The molecule has 8 nitrogen and oxygen atoms in total. The first kappa shape index (κ1) is 21.5. The monoisotopic (exact) mass is 450 g/mol. The van der Waals surface area contributed by atoms with Crippen LogP contribution < -0.4 is 14.9 Å². The molecular weight excluding hydrogens is 428 g/mol. The zero-order valence-corrected chi connectivity index (χ0v) is 18.4. The summed E-state index contributed by atoms with van der Waals surface area (Å²) in [6, 6.07) is 13.2. The first-order chi connectivity index (χ1) is 15.2. The average molecular weight is 451 g/mol. The molecule has 1 aromatic heterocycles. The Balaban J connectivity index is 1.60. The quantitative estimate of drug-likeness (QED) is 0.620. The topological polar surface area (TPSA) is 108 Å². The molecule has 164 valence electrons. The summed E-state index contributed by atoms with van der Waals surface area (Å²) in [6.07, 6.45) is 3.81. The highest BCUT2D eigenvalue weighted by Crippen LogP contribution is 2.33. The summed E-state index contributed by atoms with van der Waals surface area (Å²) in [5.74, 6) is -0.414. The van der Waals surface area contributed by atoms with Gasteiger partial charge in [-0.3, -0.25) is 19.3 Å². The van der Waals surface area contributed by atoms with Crippen molar-refractivity contribution in [3.05, 3.63) is 77.6 Å². The second-order valence-electron chi connectivity index (χ2n) is 7.56. The molecule has 2 N–H and O–H groups in total. The highest BCUT2D eigenvalue weighted by atomic mass is 32.2. The third kappa shape index (κ3) is 4.33. The van der Waals surface area contributed by atoms with Crippen molar-refractivity contribution in [2.24, 2.45) is 0 Å². The molecule has 1 aliphatic rings. The van der Waals surface area contributed by atoms with Gasteiger partial charge in [0, 0.05) is 37.2 Å². The van der Waals surface area contributed by atoms with E-state index in [4.69, 9.17) is 0 Å². The number of sulfonamides is 1. The van der Waals surface area contributed by atoms with Crippen LogP contribution >= 0.6 is 0 Å². The molecule has 0 spiro atoms. The Morgan fingerprint density at radius 2 is 1.84 bits per heavy atom. The molecule has 4 rings (SSSR count). The van der Waals surface area contributed by atoms with Gasteiger partial charge in [0.15, 0.2) is 0 Å². The van der Waals surface area contributed by atoms with Crippen molar-refractivity contribution in [2.45, 2.75) is 25.2 Å². The molecule has 0 fully saturated rings. The molecule has 3 aromatic rings. The average Bonchev–Trinajstić information content (AvgIpc) is 3.16. The van der Waals surface area contributed by atoms with Crippen LogP contribution in [0.2, 0.25) is 0 Å². The van der Waals surface area contributed by atoms with E-state index in [1.54, 1.807) is 54.4 Å². The lowest BCUT2D eigenvalue weighted by atomic mass is 10.1. The van der Waals surface area contributed by atoms with E-state index >= 15 is 0 Å². The molecule has 0 saturated heterocycles. The van der Waals surface area contributed by atoms with Gasteiger partial charge < -0.3 is 10.2 Å². The van der Waals surface area contributed by atoms with Crippen LogP contribution in [-0.2, 0) is 21.2 Å². The van der Waals surface area contributed by atoms with Crippen molar-refractivity contribution >= 4 is 38.9 Å². The maximum Gasteiger partial charge on any atom is 0.262 e. The molecule has 0 saturated carbocycles. The lowest BCUT2D eigenvalue weighted by Crippen LogP contribution is -2.29. The molecule has 0 radical (unpaired) electrons. The number of benzene rings is 2. The van der Waals surface area contributed by atoms with Crippen LogP contribution in [-0.4, -0.2) is 31.8 Å². The molecule has 2 amide bonds. The van der Waals surface area contributed by atoms with E-state index in [0.717, 1.165) is 5.56 Å². The number of amides is 2. The molecule has 0 atom stereocenters. The number of aryl methyl sites for hydroxylation is 1. The Labute approximate surface area is 186 Å². The zero-order valence-electron chi connectivity index (χ0n) is 17.6. The number of pyridine rings is 1. The van der Waals surface area contributed by atoms with Gasteiger partial charge >= 0.3 is 0 Å². The van der Waals surface area contributed by atoms with Crippen LogP contribution in [0.4, 0.5) is 17.1 Å². The smallest absolute Gasteiger partial charge is 0.262 e. The van der Waals surface area contributed by atoms with Crippen LogP contribution in [0.25, 0.3) is 0 Å². The first-order valence-corrected chi connectivity index (χ1v) is 11.5. The van der Waals surface area contributed by atoms with Crippen molar-refractivity contribution < 1.29 is 18.0 Å². The molecule has 1 aliphatic heterocycles. The Morgan fingerprint density at radius 1 is 1.06 bits per heavy atom. The SMILES string of the molecule is CC(=O)Nc1ccc(S(=O)(=O)Nc2ccc3c(c2)N(C(=O)c2cccnc2)CC3)c(C)c1. The summed E-state index contributed by atoms with van der Waals surface area (Å²) < 4.78 is 28.6. The fourth-order valence-corrected chi connectivity index (χ4v) is 5.02. The van der Waals surface area contributed by atoms with E-state index in [9.17, 15) is 18.0 Å². The van der Waals surface area contributed by atoms with Crippen LogP contribution in [0.5, 0.6) is 0 Å². The highest BCUT2D eigenvalue weighted by molar-refractivity contribution is 7.92. The second kappa shape index (κ2) is 8.43. The van der Waals surface area contributed by atoms with Crippen molar-refractivity contribution in [1.82, 2.24) is 4.98 Å². The fraction of sp³-hybridized carbons (Fsp3) is 0.174. The van der Waals surface area contributed by atoms with Crippen molar-refractivity contribution in [1.29, 1.82) is 0 Å². The molecule has 2 aromatic carbocycles. The van der Waals surface area contributed by atoms with E-state index in [1.807, 2.05) is 6.07 Å². The summed E-state index contributed by atoms with van der Waals surface area (Å²) in [5, 5.41) is 2.64. The predicted octanol–water partition coefficient (Wildman–Crippen LogP) is 3.35. The van der Waals surface area contributed by atoms with Crippen LogP contribution in [0.1, 0.15) is 28.4 Å². The normalized spacial score (nSPS) is 12.9. The molecule has 2 heterocycles. The van der Waals surface area contributed by atoms with E-state index in [-0.39, 0.29) is 16.7 Å². The minimum Gasteiger partial charge on any atom is -0.326 e. The molecule has 0 unspecified atom stereocenters. The number of aromatic nitrogens is 1. The molecule has 9 heteroatoms. The summed E-state index contributed by atoms with van der Waals surface area (Å²) in [6.45, 7) is 3.57. The maximum absolute atomic E-state index is 13.0. The van der Waals surface area contributed by atoms with Gasteiger partial charge in [-0.15, -0.1) is 0 Å². The lowest BCUT2D eigenvalue weighted by Gasteiger charge is -2.18. The first-order valence-electron chi connectivity index (χ1n) is 10.0. The summed E-state index contributed by atoms with van der Waals surface area (Å²) in [5.41, 5.74) is 3.51. The number of carbonyl (C=O) groups excluding carboxylic acids is 2. The summed E-state index contributed by atoms with van der Waals surface area (Å²) >= 11 is 0.